The van der Waals surface area contributed by atoms with Crippen molar-refractivity contribution in [2.75, 3.05) is 34.3 Å². The summed E-state index contributed by atoms with van der Waals surface area (Å²) in [6.07, 6.45) is 1.43. The largest absolute Gasteiger partial charge is 0.497 e. The molecule has 1 aromatic heterocycles. The number of rotatable bonds is 5. The lowest BCUT2D eigenvalue weighted by molar-refractivity contribution is -0.131. The van der Waals surface area contributed by atoms with Gasteiger partial charge in [0, 0.05) is 36.8 Å². The number of amides is 1. The Bertz CT molecular complexity index is 961. The molecule has 1 aliphatic heterocycles. The van der Waals surface area contributed by atoms with Crippen molar-refractivity contribution in [2.45, 2.75) is 25.4 Å². The van der Waals surface area contributed by atoms with Gasteiger partial charge in [-0.05, 0) is 38.7 Å². The summed E-state index contributed by atoms with van der Waals surface area (Å²) in [4.78, 5) is 42.5. The quantitative estimate of drug-likeness (QED) is 0.804. The summed E-state index contributed by atoms with van der Waals surface area (Å²) in [5.74, 6) is 0.819. The Balaban J connectivity index is 1.79. The Morgan fingerprint density at radius 2 is 1.89 bits per heavy atom. The van der Waals surface area contributed by atoms with Crippen LogP contribution in [0.25, 0.3) is 0 Å². The van der Waals surface area contributed by atoms with Crippen LogP contribution in [-0.4, -0.2) is 65.6 Å². The molecular formula is C20H26N4O4. The first-order chi connectivity index (χ1) is 13.3. The van der Waals surface area contributed by atoms with Crippen LogP contribution in [0.3, 0.4) is 0 Å². The van der Waals surface area contributed by atoms with Crippen molar-refractivity contribution in [1.29, 1.82) is 0 Å². The highest BCUT2D eigenvalue weighted by Crippen LogP contribution is 2.31. The van der Waals surface area contributed by atoms with Crippen molar-refractivity contribution < 1.29 is 9.53 Å². The monoisotopic (exact) mass is 386 g/mol. The van der Waals surface area contributed by atoms with Gasteiger partial charge in [0.2, 0.25) is 5.91 Å². The van der Waals surface area contributed by atoms with Gasteiger partial charge in [-0.25, -0.2) is 4.79 Å². The number of aromatic amines is 1. The minimum Gasteiger partial charge on any atom is -0.497 e. The van der Waals surface area contributed by atoms with Crippen LogP contribution in [0.1, 0.15) is 17.0 Å². The number of likely N-dealkylation sites (tertiary alicyclic amines) is 1. The molecule has 0 saturated carbocycles. The zero-order valence-corrected chi connectivity index (χ0v) is 16.6. The van der Waals surface area contributed by atoms with Gasteiger partial charge < -0.3 is 14.5 Å². The second-order valence-corrected chi connectivity index (χ2v) is 7.41. The second-order valence-electron chi connectivity index (χ2n) is 7.41. The molecule has 2 unspecified atom stereocenters. The van der Waals surface area contributed by atoms with Gasteiger partial charge in [-0.15, -0.1) is 0 Å². The van der Waals surface area contributed by atoms with Gasteiger partial charge in [-0.2, -0.15) is 0 Å². The van der Waals surface area contributed by atoms with Crippen molar-refractivity contribution in [3.05, 3.63) is 62.4 Å². The molecule has 0 spiro atoms. The number of aromatic nitrogens is 2. The number of aryl methyl sites for hydroxylation is 1. The number of likely N-dealkylation sites (N-methyl/N-ethyl adjacent to an activating group) is 1. The number of carbonyl (C=O) groups excluding carboxylic acids is 1. The van der Waals surface area contributed by atoms with Gasteiger partial charge in [0.05, 0.1) is 7.11 Å². The summed E-state index contributed by atoms with van der Waals surface area (Å²) in [6.45, 7) is 2.67. The topological polar surface area (TPSA) is 87.6 Å². The number of H-pyrrole nitrogens is 1. The highest BCUT2D eigenvalue weighted by molar-refractivity contribution is 5.76. The van der Waals surface area contributed by atoms with Crippen LogP contribution in [0.15, 0.2) is 40.1 Å². The second kappa shape index (κ2) is 8.02. The van der Waals surface area contributed by atoms with Crippen LogP contribution < -0.4 is 16.0 Å². The highest BCUT2D eigenvalue weighted by atomic mass is 16.5. The van der Waals surface area contributed by atoms with E-state index >= 15 is 0 Å². The fourth-order valence-electron chi connectivity index (χ4n) is 3.67. The molecule has 1 saturated heterocycles. The van der Waals surface area contributed by atoms with Crippen LogP contribution in [-0.2, 0) is 11.3 Å². The van der Waals surface area contributed by atoms with Crippen LogP contribution >= 0.6 is 0 Å². The third-order valence-corrected chi connectivity index (χ3v) is 5.34. The average Bonchev–Trinajstić information content (AvgIpc) is 3.12. The number of nitrogens with zero attached hydrogens (tertiary/aromatic N) is 3. The van der Waals surface area contributed by atoms with Crippen molar-refractivity contribution in [3.63, 3.8) is 0 Å². The zero-order valence-electron chi connectivity index (χ0n) is 16.6. The third-order valence-electron chi connectivity index (χ3n) is 5.34. The lowest BCUT2D eigenvalue weighted by Gasteiger charge is -2.25. The minimum absolute atomic E-state index is 0.0913. The van der Waals surface area contributed by atoms with Gasteiger partial charge in [0.15, 0.2) is 0 Å². The van der Waals surface area contributed by atoms with E-state index in [2.05, 4.69) is 9.88 Å². The average molecular weight is 386 g/mol. The maximum Gasteiger partial charge on any atom is 0.328 e. The SMILES string of the molecule is COc1ccc(C2CN(C(=O)Cn3cc(C)c(=O)[nH]c3=O)CC2N(C)C)cc1. The highest BCUT2D eigenvalue weighted by Gasteiger charge is 2.37. The number of ether oxygens (including phenoxy) is 1. The number of methoxy groups -OCH3 is 1. The molecule has 1 fully saturated rings. The van der Waals surface area contributed by atoms with Crippen LogP contribution in [0.2, 0.25) is 0 Å². The first kappa shape index (κ1) is 19.9. The number of nitrogens with one attached hydrogen (secondary N) is 1. The number of hydrogen-bond acceptors (Lipinski definition) is 5. The maximum atomic E-state index is 12.8. The first-order valence-corrected chi connectivity index (χ1v) is 9.18. The Morgan fingerprint density at radius 1 is 1.21 bits per heavy atom. The van der Waals surface area contributed by atoms with Gasteiger partial charge in [-0.1, -0.05) is 12.1 Å². The molecule has 1 aromatic carbocycles. The Labute approximate surface area is 163 Å². The molecule has 1 aliphatic rings. The molecule has 8 nitrogen and oxygen atoms in total. The van der Waals surface area contributed by atoms with E-state index in [1.165, 1.54) is 10.8 Å². The van der Waals surface area contributed by atoms with E-state index in [9.17, 15) is 14.4 Å². The molecule has 2 heterocycles. The van der Waals surface area contributed by atoms with Gasteiger partial charge in [0.1, 0.15) is 12.3 Å². The van der Waals surface area contributed by atoms with Crippen molar-refractivity contribution in [3.8, 4) is 5.75 Å². The first-order valence-electron chi connectivity index (χ1n) is 9.18. The molecule has 150 valence electrons. The van der Waals surface area contributed by atoms with E-state index in [4.69, 9.17) is 4.74 Å². The molecule has 0 aliphatic carbocycles. The van der Waals surface area contributed by atoms with E-state index in [1.54, 1.807) is 18.9 Å². The number of benzene rings is 1. The molecule has 3 rings (SSSR count). The molecule has 1 N–H and O–H groups in total. The van der Waals surface area contributed by atoms with Crippen molar-refractivity contribution in [1.82, 2.24) is 19.4 Å². The standard InChI is InChI=1S/C20H26N4O4/c1-13-9-24(20(27)21-19(13)26)12-18(25)23-10-16(17(11-23)22(2)3)14-5-7-15(28-4)8-6-14/h5-9,16-17H,10-12H2,1-4H3,(H,21,26,27). The molecule has 0 bridgehead atoms. The summed E-state index contributed by atoms with van der Waals surface area (Å²) >= 11 is 0. The number of hydrogen-bond donors (Lipinski definition) is 1. The predicted octanol–water partition coefficient (Wildman–Crippen LogP) is 0.410. The molecule has 8 heteroatoms. The lowest BCUT2D eigenvalue weighted by Crippen LogP contribution is -2.39. The summed E-state index contributed by atoms with van der Waals surface area (Å²) in [6, 6.07) is 8.09. The molecule has 0 radical (unpaired) electrons. The fourth-order valence-corrected chi connectivity index (χ4v) is 3.67. The minimum atomic E-state index is -0.570. The Kier molecular flexibility index (Phi) is 5.69. The Morgan fingerprint density at radius 3 is 2.50 bits per heavy atom. The van der Waals surface area contributed by atoms with Crippen LogP contribution in [0.4, 0.5) is 0 Å². The van der Waals surface area contributed by atoms with E-state index in [0.29, 0.717) is 18.7 Å². The van der Waals surface area contributed by atoms with Gasteiger partial charge >= 0.3 is 5.69 Å². The molecule has 2 aromatic rings. The number of carbonyl (C=O) groups is 1. The van der Waals surface area contributed by atoms with E-state index in [-0.39, 0.29) is 24.4 Å². The summed E-state index contributed by atoms with van der Waals surface area (Å²) in [5.41, 5.74) is 0.545. The van der Waals surface area contributed by atoms with Crippen molar-refractivity contribution >= 4 is 5.91 Å². The lowest BCUT2D eigenvalue weighted by atomic mass is 9.93. The van der Waals surface area contributed by atoms with Gasteiger partial charge in [0.25, 0.3) is 5.56 Å². The fraction of sp³-hybridized carbons (Fsp3) is 0.450. The predicted molar refractivity (Wildman–Crippen MR) is 106 cm³/mol. The van der Waals surface area contributed by atoms with Crippen molar-refractivity contribution in [2.24, 2.45) is 0 Å². The smallest absolute Gasteiger partial charge is 0.328 e. The summed E-state index contributed by atoms with van der Waals surface area (Å²) < 4.78 is 6.48. The van der Waals surface area contributed by atoms with Crippen LogP contribution in [0.5, 0.6) is 5.75 Å². The molecule has 28 heavy (non-hydrogen) atoms. The zero-order chi connectivity index (χ0) is 20.4. The summed E-state index contributed by atoms with van der Waals surface area (Å²) in [7, 11) is 5.64. The molecule has 1 amide bonds. The van der Waals surface area contributed by atoms with E-state index in [0.717, 1.165) is 11.3 Å². The van der Waals surface area contributed by atoms with E-state index < -0.39 is 11.2 Å². The molecular weight excluding hydrogens is 360 g/mol. The van der Waals surface area contributed by atoms with Gasteiger partial charge in [-0.3, -0.25) is 19.1 Å². The third kappa shape index (κ3) is 4.01. The van der Waals surface area contributed by atoms with E-state index in [1.807, 2.05) is 38.4 Å². The normalized spacial score (nSPS) is 19.2. The molecule has 2 atom stereocenters. The Hall–Kier alpha value is -2.87. The van der Waals surface area contributed by atoms with Crippen LogP contribution in [0, 0.1) is 6.92 Å². The summed E-state index contributed by atoms with van der Waals surface area (Å²) in [5, 5.41) is 0. The maximum absolute atomic E-state index is 12.8.